The highest BCUT2D eigenvalue weighted by Crippen LogP contribution is 2.72. The van der Waals surface area contributed by atoms with Crippen molar-refractivity contribution in [3.05, 3.63) is 53.6 Å². The minimum absolute atomic E-state index is 0.00629. The van der Waals surface area contributed by atoms with Crippen LogP contribution in [0, 0.1) is 22.7 Å². The molecule has 7 N–H and O–H groups in total. The molecule has 0 spiro atoms. The Bertz CT molecular complexity index is 1900. The fourth-order valence-electron chi connectivity index (χ4n) is 10.2. The molecule has 5 aliphatic rings. The zero-order chi connectivity index (χ0) is 43.5. The number of alkyl halides is 2. The van der Waals surface area contributed by atoms with Crippen LogP contribution in [0.15, 0.2) is 48.1 Å². The van der Waals surface area contributed by atoms with Gasteiger partial charge in [0.1, 0.15) is 32.7 Å². The third-order valence-electron chi connectivity index (χ3n) is 13.1. The van der Waals surface area contributed by atoms with Crippen molar-refractivity contribution in [2.24, 2.45) is 28.4 Å². The number of nitrogens with one attached hydrogen (secondary N) is 4. The molecule has 18 heteroatoms. The fraction of sp³-hybridized carbons (Fsp3) is 0.619. The number of rotatable bonds is 17. The minimum atomic E-state index is -2.34. The molecule has 8 unspecified atom stereocenters. The van der Waals surface area contributed by atoms with Crippen molar-refractivity contribution in [2.75, 3.05) is 31.7 Å². The van der Waals surface area contributed by atoms with Crippen LogP contribution in [-0.2, 0) is 44.7 Å². The van der Waals surface area contributed by atoms with Gasteiger partial charge in [0.2, 0.25) is 11.8 Å². The van der Waals surface area contributed by atoms with Gasteiger partial charge in [0.25, 0.3) is 0 Å². The van der Waals surface area contributed by atoms with E-state index < -0.39 is 108 Å². The number of halogens is 2. The fourth-order valence-corrected chi connectivity index (χ4v) is 10.2. The standard InChI is InChI=1S/C42H55F2N5O11/c1-4-7-36-59-33-18-27-28-17-30(43)29-16-26(50)13-14-39(29,2)41(28,44)31(51)19-40(27,3)42(33,60-36)32(52)22-57-23-48-35(54)20-47-38(56)58-21-24-9-11-25(12-10-24)49-34(53)8-5-6-15-46-37(45)55/h9-14,16,27-28,30-31,33,36,51H,4-8,15,17-23H2,1-3H3,(H,47,56)(H,48,54)(H,49,53)(H3,45,46,55)/t27?,28?,30-,31?,33?,36?,39?,40?,41-,42?/m0/s1. The summed E-state index contributed by atoms with van der Waals surface area (Å²) in [6.45, 7) is 4.09. The molecule has 1 heterocycles. The molecule has 4 fully saturated rings. The first-order valence-corrected chi connectivity index (χ1v) is 20.5. The topological polar surface area (TPSA) is 234 Å². The molecule has 0 radical (unpaired) electrons. The number of Topliss-reactive ketones (excluding diaryl/α,β-unsaturated/α-hetero) is 1. The van der Waals surface area contributed by atoms with Crippen LogP contribution in [0.1, 0.15) is 77.7 Å². The lowest BCUT2D eigenvalue weighted by molar-refractivity contribution is -0.235. The summed E-state index contributed by atoms with van der Waals surface area (Å²) in [6, 6.07) is 6.01. The van der Waals surface area contributed by atoms with Crippen LogP contribution in [0.2, 0.25) is 0 Å². The van der Waals surface area contributed by atoms with Crippen LogP contribution >= 0.6 is 0 Å². The first-order valence-electron chi connectivity index (χ1n) is 20.5. The second-order valence-electron chi connectivity index (χ2n) is 16.7. The maximum atomic E-state index is 17.7. The number of nitrogens with two attached hydrogens (primary N) is 1. The SMILES string of the molecule is CCCC1OC2CC3C4C[C@H](F)C5=CC(=O)C=CC5(C)[C@@]4(F)C(O)CC3(C)C2(C(=O)COCNC(=O)CNC(=O)OCc2ccc(NC(=O)CCCCNC(N)=O)cc2)O1. The predicted molar refractivity (Wildman–Crippen MR) is 210 cm³/mol. The van der Waals surface area contributed by atoms with Crippen molar-refractivity contribution < 1.29 is 61.6 Å². The second-order valence-corrected chi connectivity index (χ2v) is 16.7. The van der Waals surface area contributed by atoms with Gasteiger partial charge in [0.05, 0.1) is 12.2 Å². The van der Waals surface area contributed by atoms with Crippen LogP contribution in [0.3, 0.4) is 0 Å². The van der Waals surface area contributed by atoms with Gasteiger partial charge in [-0.1, -0.05) is 38.5 Å². The summed E-state index contributed by atoms with van der Waals surface area (Å²) in [5.41, 5.74) is -0.572. The Balaban J connectivity index is 0.978. The van der Waals surface area contributed by atoms with E-state index in [1.807, 2.05) is 6.92 Å². The predicted octanol–water partition coefficient (Wildman–Crippen LogP) is 3.56. The number of aliphatic hydroxyl groups excluding tert-OH is 1. The van der Waals surface area contributed by atoms with Crippen LogP contribution in [0.25, 0.3) is 0 Å². The summed E-state index contributed by atoms with van der Waals surface area (Å²) in [4.78, 5) is 74.2. The molecule has 3 saturated carbocycles. The van der Waals surface area contributed by atoms with Gasteiger partial charge in [-0.05, 0) is 86.8 Å². The van der Waals surface area contributed by atoms with Gasteiger partial charge < -0.3 is 51.1 Å². The van der Waals surface area contributed by atoms with Crippen LogP contribution in [0.4, 0.5) is 24.1 Å². The molecule has 0 bridgehead atoms. The molecule has 0 aromatic heterocycles. The highest BCUT2D eigenvalue weighted by atomic mass is 19.1. The van der Waals surface area contributed by atoms with Crippen LogP contribution < -0.4 is 27.0 Å². The van der Waals surface area contributed by atoms with Gasteiger partial charge in [-0.2, -0.15) is 0 Å². The van der Waals surface area contributed by atoms with Crippen LogP contribution in [-0.4, -0.2) is 103 Å². The number of carbonyl (C=O) groups excluding carboxylic acids is 6. The number of hydrogen-bond donors (Lipinski definition) is 6. The van der Waals surface area contributed by atoms with E-state index in [1.165, 1.54) is 19.1 Å². The highest BCUT2D eigenvalue weighted by Gasteiger charge is 2.80. The molecule has 1 saturated heterocycles. The minimum Gasteiger partial charge on any atom is -0.445 e. The number of alkyl carbamates (subject to hydrolysis) is 1. The number of hydrogen-bond acceptors (Lipinski definition) is 11. The van der Waals surface area contributed by atoms with Gasteiger partial charge >= 0.3 is 12.1 Å². The number of fused-ring (bicyclic) bond motifs is 7. The van der Waals surface area contributed by atoms with Gasteiger partial charge in [-0.15, -0.1) is 0 Å². The number of primary amides is 1. The van der Waals surface area contributed by atoms with Crippen molar-refractivity contribution in [1.29, 1.82) is 0 Å². The molecule has 6 rings (SSSR count). The second kappa shape index (κ2) is 18.1. The molecule has 4 aliphatic carbocycles. The molecule has 5 amide bonds. The molecule has 1 aromatic carbocycles. The molecule has 1 aliphatic heterocycles. The van der Waals surface area contributed by atoms with Crippen molar-refractivity contribution in [2.45, 2.75) is 115 Å². The highest BCUT2D eigenvalue weighted by molar-refractivity contribution is 6.01. The summed E-state index contributed by atoms with van der Waals surface area (Å²) >= 11 is 0. The van der Waals surface area contributed by atoms with E-state index in [-0.39, 0.29) is 43.8 Å². The smallest absolute Gasteiger partial charge is 0.407 e. The summed E-state index contributed by atoms with van der Waals surface area (Å²) in [5.74, 6) is -3.46. The Hall–Kier alpha value is -4.78. The van der Waals surface area contributed by atoms with E-state index in [1.54, 1.807) is 31.2 Å². The van der Waals surface area contributed by atoms with E-state index in [2.05, 4.69) is 21.3 Å². The number of unbranched alkanes of at least 4 members (excludes halogenated alkanes) is 1. The van der Waals surface area contributed by atoms with E-state index in [9.17, 15) is 33.9 Å². The number of urea groups is 1. The van der Waals surface area contributed by atoms with Crippen molar-refractivity contribution in [1.82, 2.24) is 16.0 Å². The third kappa shape index (κ3) is 8.43. The van der Waals surface area contributed by atoms with E-state index in [0.717, 1.165) is 6.08 Å². The number of ether oxygens (including phenoxy) is 4. The number of benzene rings is 1. The Morgan fingerprint density at radius 2 is 1.77 bits per heavy atom. The molecular weight excluding hydrogens is 788 g/mol. The Kier molecular flexibility index (Phi) is 13.5. The lowest BCUT2D eigenvalue weighted by atomic mass is 9.44. The maximum Gasteiger partial charge on any atom is 0.407 e. The first kappa shape index (κ1) is 44.8. The molecule has 1 aromatic rings. The van der Waals surface area contributed by atoms with E-state index >= 15 is 8.78 Å². The number of aliphatic hydroxyl groups is 1. The zero-order valence-electron chi connectivity index (χ0n) is 34.1. The normalized spacial score (nSPS) is 33.6. The van der Waals surface area contributed by atoms with Gasteiger partial charge in [-0.3, -0.25) is 19.2 Å². The van der Waals surface area contributed by atoms with E-state index in [0.29, 0.717) is 43.5 Å². The number of allylic oxidation sites excluding steroid dienone is 4. The Labute approximate surface area is 346 Å². The molecular formula is C42H55F2N5O11. The number of amides is 5. The zero-order valence-corrected chi connectivity index (χ0v) is 34.1. The van der Waals surface area contributed by atoms with Gasteiger partial charge in [0.15, 0.2) is 29.1 Å². The quantitative estimate of drug-likeness (QED) is 0.0981. The summed E-state index contributed by atoms with van der Waals surface area (Å²) < 4.78 is 57.2. The molecule has 10 atom stereocenters. The summed E-state index contributed by atoms with van der Waals surface area (Å²) in [7, 11) is 0. The average molecular weight is 844 g/mol. The Morgan fingerprint density at radius 1 is 1.02 bits per heavy atom. The largest absolute Gasteiger partial charge is 0.445 e. The van der Waals surface area contributed by atoms with Gasteiger partial charge in [-0.25, -0.2) is 18.4 Å². The first-order chi connectivity index (χ1) is 28.5. The van der Waals surface area contributed by atoms with Crippen molar-refractivity contribution in [3.63, 3.8) is 0 Å². The molecule has 60 heavy (non-hydrogen) atoms. The van der Waals surface area contributed by atoms with Gasteiger partial charge in [0, 0.05) is 35.4 Å². The van der Waals surface area contributed by atoms with Crippen LogP contribution in [0.5, 0.6) is 0 Å². The summed E-state index contributed by atoms with van der Waals surface area (Å²) in [5, 5.41) is 21.8. The number of carbonyl (C=O) groups is 6. The molecule has 16 nitrogen and oxygen atoms in total. The Morgan fingerprint density at radius 3 is 2.48 bits per heavy atom. The monoisotopic (exact) mass is 843 g/mol. The average Bonchev–Trinajstić information content (AvgIpc) is 3.68. The lowest BCUT2D eigenvalue weighted by Gasteiger charge is -2.63. The third-order valence-corrected chi connectivity index (χ3v) is 13.1. The summed E-state index contributed by atoms with van der Waals surface area (Å²) in [6.07, 6.45) is 0.283. The molecule has 328 valence electrons. The van der Waals surface area contributed by atoms with E-state index in [4.69, 9.17) is 24.7 Å². The lowest BCUT2D eigenvalue weighted by Crippen LogP contribution is -2.71. The number of anilines is 1. The van der Waals surface area contributed by atoms with Crippen molar-refractivity contribution >= 4 is 41.2 Å². The maximum absolute atomic E-state index is 17.7. The van der Waals surface area contributed by atoms with Crippen molar-refractivity contribution in [3.8, 4) is 0 Å². The number of ketones is 2.